The molecule has 108 valence electrons. The van der Waals surface area contributed by atoms with Crippen molar-refractivity contribution in [3.05, 3.63) is 22.4 Å². The lowest BCUT2D eigenvalue weighted by Crippen LogP contribution is -2.38. The second kappa shape index (κ2) is 5.97. The van der Waals surface area contributed by atoms with E-state index in [4.69, 9.17) is 5.73 Å². The summed E-state index contributed by atoms with van der Waals surface area (Å²) in [7, 11) is 0. The topological polar surface area (TPSA) is 26.0 Å². The molecule has 0 atom stereocenters. The first-order valence-electron chi connectivity index (χ1n) is 7.68. The fourth-order valence-electron chi connectivity index (χ4n) is 3.50. The van der Waals surface area contributed by atoms with Crippen LogP contribution in [-0.4, -0.2) is 6.54 Å². The zero-order chi connectivity index (χ0) is 13.9. The minimum Gasteiger partial charge on any atom is -0.330 e. The van der Waals surface area contributed by atoms with Crippen molar-refractivity contribution in [2.24, 2.45) is 22.5 Å². The zero-order valence-corrected chi connectivity index (χ0v) is 13.6. The lowest BCUT2D eigenvalue weighted by atomic mass is 9.62. The van der Waals surface area contributed by atoms with Crippen LogP contribution in [-0.2, 0) is 6.42 Å². The van der Waals surface area contributed by atoms with Gasteiger partial charge < -0.3 is 5.73 Å². The Hall–Kier alpha value is -0.340. The van der Waals surface area contributed by atoms with Gasteiger partial charge in [0.2, 0.25) is 0 Å². The Balaban J connectivity index is 1.90. The predicted octanol–water partition coefficient (Wildman–Crippen LogP) is 4.86. The second-order valence-corrected chi connectivity index (χ2v) is 8.46. The van der Waals surface area contributed by atoms with Crippen LogP contribution >= 0.6 is 11.3 Å². The molecule has 2 heteroatoms. The number of thiophene rings is 1. The van der Waals surface area contributed by atoms with Gasteiger partial charge in [0.25, 0.3) is 0 Å². The third-order valence-corrected chi connectivity index (χ3v) is 6.12. The quantitative estimate of drug-likeness (QED) is 0.836. The molecule has 0 radical (unpaired) electrons. The van der Waals surface area contributed by atoms with Crippen molar-refractivity contribution >= 4 is 11.3 Å². The number of aryl methyl sites for hydroxylation is 1. The van der Waals surface area contributed by atoms with E-state index in [9.17, 15) is 0 Å². The summed E-state index contributed by atoms with van der Waals surface area (Å²) < 4.78 is 0. The molecule has 1 aromatic heterocycles. The highest BCUT2D eigenvalue weighted by atomic mass is 32.1. The van der Waals surface area contributed by atoms with Crippen molar-refractivity contribution in [2.75, 3.05) is 6.54 Å². The van der Waals surface area contributed by atoms with Gasteiger partial charge in [-0.3, -0.25) is 0 Å². The molecule has 2 rings (SSSR count). The Morgan fingerprint density at radius 1 is 1.32 bits per heavy atom. The molecule has 1 aromatic rings. The van der Waals surface area contributed by atoms with Crippen LogP contribution in [0, 0.1) is 16.7 Å². The molecule has 2 N–H and O–H groups in total. The molecule has 1 saturated carbocycles. The van der Waals surface area contributed by atoms with Crippen LogP contribution < -0.4 is 5.73 Å². The smallest absolute Gasteiger partial charge is 0.00454 e. The van der Waals surface area contributed by atoms with Crippen molar-refractivity contribution in [2.45, 2.75) is 59.3 Å². The van der Waals surface area contributed by atoms with Crippen LogP contribution in [0.4, 0.5) is 0 Å². The highest BCUT2D eigenvalue weighted by Gasteiger charge is 2.37. The summed E-state index contributed by atoms with van der Waals surface area (Å²) in [6.07, 6.45) is 7.89. The molecule has 1 aliphatic carbocycles. The SMILES string of the molecule is CC(C)(C)C1CCC(CN)(CCc2cccs2)CC1. The molecule has 0 bridgehead atoms. The van der Waals surface area contributed by atoms with E-state index in [1.807, 2.05) is 11.3 Å². The molecule has 0 aromatic carbocycles. The van der Waals surface area contributed by atoms with Gasteiger partial charge in [-0.05, 0) is 73.3 Å². The van der Waals surface area contributed by atoms with Crippen molar-refractivity contribution in [1.82, 2.24) is 0 Å². The average Bonchev–Trinajstić information content (AvgIpc) is 2.89. The molecule has 0 unspecified atom stereocenters. The van der Waals surface area contributed by atoms with Crippen molar-refractivity contribution in [3.8, 4) is 0 Å². The summed E-state index contributed by atoms with van der Waals surface area (Å²) in [5.41, 5.74) is 7.02. The number of nitrogens with two attached hydrogens (primary N) is 1. The van der Waals surface area contributed by atoms with E-state index < -0.39 is 0 Å². The van der Waals surface area contributed by atoms with E-state index in [-0.39, 0.29) is 0 Å². The van der Waals surface area contributed by atoms with E-state index in [1.54, 1.807) is 0 Å². The molecule has 0 aliphatic heterocycles. The summed E-state index contributed by atoms with van der Waals surface area (Å²) in [4.78, 5) is 1.52. The minimum atomic E-state index is 0.422. The molecule has 0 amide bonds. The minimum absolute atomic E-state index is 0.422. The Labute approximate surface area is 122 Å². The predicted molar refractivity (Wildman–Crippen MR) is 85.5 cm³/mol. The molecule has 1 nitrogen and oxygen atoms in total. The van der Waals surface area contributed by atoms with Gasteiger partial charge in [-0.1, -0.05) is 26.8 Å². The maximum Gasteiger partial charge on any atom is 0.00454 e. The number of hydrogen-bond donors (Lipinski definition) is 1. The summed E-state index contributed by atoms with van der Waals surface area (Å²) >= 11 is 1.88. The molecule has 1 fully saturated rings. The van der Waals surface area contributed by atoms with E-state index in [2.05, 4.69) is 38.3 Å². The third kappa shape index (κ3) is 3.82. The molecule has 1 heterocycles. The van der Waals surface area contributed by atoms with Gasteiger partial charge in [-0.15, -0.1) is 11.3 Å². The monoisotopic (exact) mass is 279 g/mol. The second-order valence-electron chi connectivity index (χ2n) is 7.42. The lowest BCUT2D eigenvalue weighted by Gasteiger charge is -2.44. The summed E-state index contributed by atoms with van der Waals surface area (Å²) in [5, 5.41) is 2.18. The van der Waals surface area contributed by atoms with Crippen molar-refractivity contribution in [3.63, 3.8) is 0 Å². The molecule has 19 heavy (non-hydrogen) atoms. The highest BCUT2D eigenvalue weighted by molar-refractivity contribution is 7.09. The van der Waals surface area contributed by atoms with E-state index in [0.717, 1.165) is 12.5 Å². The fraction of sp³-hybridized carbons (Fsp3) is 0.765. The fourth-order valence-corrected chi connectivity index (χ4v) is 4.20. The molecule has 0 spiro atoms. The van der Waals surface area contributed by atoms with Crippen LogP contribution in [0.15, 0.2) is 17.5 Å². The Bertz CT molecular complexity index is 366. The molecular formula is C17H29NS. The third-order valence-electron chi connectivity index (χ3n) is 5.19. The van der Waals surface area contributed by atoms with Gasteiger partial charge in [-0.2, -0.15) is 0 Å². The van der Waals surface area contributed by atoms with Crippen molar-refractivity contribution < 1.29 is 0 Å². The largest absolute Gasteiger partial charge is 0.330 e. The zero-order valence-electron chi connectivity index (χ0n) is 12.7. The average molecular weight is 279 g/mol. The highest BCUT2D eigenvalue weighted by Crippen LogP contribution is 2.47. The van der Waals surface area contributed by atoms with Gasteiger partial charge in [0.15, 0.2) is 0 Å². The molecule has 0 saturated heterocycles. The Kier molecular flexibility index (Phi) is 4.73. The van der Waals surface area contributed by atoms with E-state index >= 15 is 0 Å². The number of rotatable bonds is 4. The van der Waals surface area contributed by atoms with Crippen molar-refractivity contribution in [1.29, 1.82) is 0 Å². The lowest BCUT2D eigenvalue weighted by molar-refractivity contribution is 0.0866. The van der Waals surface area contributed by atoms with Crippen LogP contribution in [0.3, 0.4) is 0 Å². The van der Waals surface area contributed by atoms with Crippen LogP contribution in [0.5, 0.6) is 0 Å². The van der Waals surface area contributed by atoms with Crippen LogP contribution in [0.25, 0.3) is 0 Å². The summed E-state index contributed by atoms with van der Waals surface area (Å²) in [6.45, 7) is 8.03. The Morgan fingerprint density at radius 3 is 2.47 bits per heavy atom. The van der Waals surface area contributed by atoms with Crippen LogP contribution in [0.2, 0.25) is 0 Å². The van der Waals surface area contributed by atoms with Gasteiger partial charge in [-0.25, -0.2) is 0 Å². The normalized spacial score (nSPS) is 28.5. The first-order chi connectivity index (χ1) is 8.95. The number of hydrogen-bond acceptors (Lipinski definition) is 2. The Morgan fingerprint density at radius 2 is 2.00 bits per heavy atom. The molecule has 1 aliphatic rings. The standard InChI is InChI=1S/C17H29NS/c1-16(2,3)14-6-9-17(13-18,10-7-14)11-8-15-5-4-12-19-15/h4-5,12,14H,6-11,13,18H2,1-3H3. The first-order valence-corrected chi connectivity index (χ1v) is 8.56. The molecular weight excluding hydrogens is 250 g/mol. The maximum atomic E-state index is 6.14. The van der Waals surface area contributed by atoms with Gasteiger partial charge in [0.1, 0.15) is 0 Å². The maximum absolute atomic E-state index is 6.14. The van der Waals surface area contributed by atoms with Gasteiger partial charge in [0, 0.05) is 4.88 Å². The van der Waals surface area contributed by atoms with Gasteiger partial charge in [0.05, 0.1) is 0 Å². The summed E-state index contributed by atoms with van der Waals surface area (Å²) in [6, 6.07) is 4.42. The van der Waals surface area contributed by atoms with E-state index in [0.29, 0.717) is 10.8 Å². The van der Waals surface area contributed by atoms with E-state index in [1.165, 1.54) is 43.4 Å². The first kappa shape index (κ1) is 15.1. The summed E-state index contributed by atoms with van der Waals surface area (Å²) in [5.74, 6) is 0.883. The van der Waals surface area contributed by atoms with Gasteiger partial charge >= 0.3 is 0 Å². The van der Waals surface area contributed by atoms with Crippen LogP contribution in [0.1, 0.15) is 57.8 Å².